The third kappa shape index (κ3) is 3.24. The van der Waals surface area contributed by atoms with Crippen molar-refractivity contribution in [2.75, 3.05) is 0 Å². The fourth-order valence-corrected chi connectivity index (χ4v) is 2.71. The minimum atomic E-state index is -0.0697. The van der Waals surface area contributed by atoms with E-state index in [2.05, 4.69) is 41.5 Å². The van der Waals surface area contributed by atoms with Crippen LogP contribution in [0.25, 0.3) is 10.9 Å². The number of aryl methyl sites for hydroxylation is 2. The van der Waals surface area contributed by atoms with Gasteiger partial charge in [0.1, 0.15) is 0 Å². The molecule has 0 aliphatic carbocycles. The van der Waals surface area contributed by atoms with Crippen LogP contribution >= 0.6 is 0 Å². The summed E-state index contributed by atoms with van der Waals surface area (Å²) >= 11 is 0. The molecule has 0 spiro atoms. The number of rotatable bonds is 3. The quantitative estimate of drug-likeness (QED) is 0.782. The van der Waals surface area contributed by atoms with Crippen LogP contribution in [0, 0.1) is 13.8 Å². The van der Waals surface area contributed by atoms with Crippen LogP contribution in [-0.2, 0) is 0 Å². The summed E-state index contributed by atoms with van der Waals surface area (Å²) < 4.78 is 0. The van der Waals surface area contributed by atoms with Gasteiger partial charge in [-0.05, 0) is 38.5 Å². The lowest BCUT2D eigenvalue weighted by molar-refractivity contribution is 0.0941. The molecule has 1 amide bonds. The van der Waals surface area contributed by atoms with Gasteiger partial charge in [0.25, 0.3) is 5.91 Å². The van der Waals surface area contributed by atoms with Gasteiger partial charge in [-0.25, -0.2) is 0 Å². The van der Waals surface area contributed by atoms with Gasteiger partial charge in [-0.2, -0.15) is 0 Å². The van der Waals surface area contributed by atoms with Crippen molar-refractivity contribution in [2.24, 2.45) is 0 Å². The van der Waals surface area contributed by atoms with Crippen LogP contribution in [0.4, 0.5) is 0 Å². The molecule has 0 aliphatic heterocycles. The molecule has 3 rings (SSSR count). The van der Waals surface area contributed by atoms with Gasteiger partial charge >= 0.3 is 0 Å². The first-order valence-corrected chi connectivity index (χ1v) is 7.78. The number of nitrogens with one attached hydrogen (secondary N) is 1. The van der Waals surface area contributed by atoms with E-state index in [1.54, 1.807) is 0 Å². The number of fused-ring (bicyclic) bond motifs is 1. The second-order valence-electron chi connectivity index (χ2n) is 5.93. The molecular weight excluding hydrogens is 284 g/mol. The Kier molecular flexibility index (Phi) is 4.11. The molecule has 2 aromatic carbocycles. The summed E-state index contributed by atoms with van der Waals surface area (Å²) in [6, 6.07) is 17.8. The summed E-state index contributed by atoms with van der Waals surface area (Å²) in [7, 11) is 0. The number of hydrogen-bond acceptors (Lipinski definition) is 2. The Labute approximate surface area is 136 Å². The normalized spacial score (nSPS) is 12.1. The molecule has 0 aliphatic rings. The predicted molar refractivity (Wildman–Crippen MR) is 93.5 cm³/mol. The van der Waals surface area contributed by atoms with E-state index >= 15 is 0 Å². The van der Waals surface area contributed by atoms with Crippen molar-refractivity contribution in [3.8, 4) is 0 Å². The third-order valence-corrected chi connectivity index (χ3v) is 4.01. The Morgan fingerprint density at radius 2 is 1.74 bits per heavy atom. The predicted octanol–water partition coefficient (Wildman–Crippen LogP) is 4.34. The van der Waals surface area contributed by atoms with E-state index in [4.69, 9.17) is 0 Å². The van der Waals surface area contributed by atoms with Crippen molar-refractivity contribution in [3.63, 3.8) is 0 Å². The third-order valence-electron chi connectivity index (χ3n) is 4.01. The minimum Gasteiger partial charge on any atom is -0.345 e. The zero-order valence-corrected chi connectivity index (χ0v) is 13.6. The maximum atomic E-state index is 12.7. The van der Waals surface area contributed by atoms with Gasteiger partial charge < -0.3 is 5.32 Å². The molecule has 3 nitrogen and oxygen atoms in total. The van der Waals surface area contributed by atoms with Gasteiger partial charge in [-0.15, -0.1) is 0 Å². The summed E-state index contributed by atoms with van der Waals surface area (Å²) in [5.41, 5.74) is 4.67. The van der Waals surface area contributed by atoms with E-state index < -0.39 is 0 Å². The first-order valence-electron chi connectivity index (χ1n) is 7.78. The molecule has 1 unspecified atom stereocenters. The number of amides is 1. The molecule has 0 fully saturated rings. The van der Waals surface area contributed by atoms with Crippen LogP contribution in [0.15, 0.2) is 54.6 Å². The van der Waals surface area contributed by atoms with Crippen LogP contribution < -0.4 is 5.32 Å². The van der Waals surface area contributed by atoms with Gasteiger partial charge in [0.2, 0.25) is 0 Å². The van der Waals surface area contributed by atoms with Gasteiger partial charge in [-0.3, -0.25) is 9.78 Å². The second kappa shape index (κ2) is 6.21. The number of carbonyl (C=O) groups excluding carboxylic acids is 1. The Balaban J connectivity index is 1.90. The molecule has 3 heteroatoms. The first kappa shape index (κ1) is 15.2. The number of pyridine rings is 1. The lowest BCUT2D eigenvalue weighted by Crippen LogP contribution is -2.27. The molecule has 23 heavy (non-hydrogen) atoms. The van der Waals surface area contributed by atoms with Crippen LogP contribution in [0.2, 0.25) is 0 Å². The maximum Gasteiger partial charge on any atom is 0.252 e. The number of aromatic nitrogens is 1. The summed E-state index contributed by atoms with van der Waals surface area (Å²) in [5, 5.41) is 3.97. The molecule has 0 saturated heterocycles. The summed E-state index contributed by atoms with van der Waals surface area (Å²) in [5.74, 6) is -0.0697. The average molecular weight is 304 g/mol. The van der Waals surface area contributed by atoms with Crippen molar-refractivity contribution in [1.29, 1.82) is 0 Å². The average Bonchev–Trinajstić information content (AvgIpc) is 2.54. The fourth-order valence-electron chi connectivity index (χ4n) is 2.71. The van der Waals surface area contributed by atoms with Crippen molar-refractivity contribution in [3.05, 3.63) is 77.0 Å². The maximum absolute atomic E-state index is 12.7. The van der Waals surface area contributed by atoms with Gasteiger partial charge in [0.15, 0.2) is 0 Å². The van der Waals surface area contributed by atoms with E-state index in [1.165, 1.54) is 5.56 Å². The molecule has 1 heterocycles. The smallest absolute Gasteiger partial charge is 0.252 e. The molecule has 0 bridgehead atoms. The highest BCUT2D eigenvalue weighted by atomic mass is 16.1. The highest BCUT2D eigenvalue weighted by Gasteiger charge is 2.15. The summed E-state index contributed by atoms with van der Waals surface area (Å²) in [4.78, 5) is 17.2. The van der Waals surface area contributed by atoms with Gasteiger partial charge in [0.05, 0.1) is 17.1 Å². The highest BCUT2D eigenvalue weighted by Crippen LogP contribution is 2.20. The van der Waals surface area contributed by atoms with E-state index in [-0.39, 0.29) is 11.9 Å². The molecule has 1 atom stereocenters. The zero-order valence-electron chi connectivity index (χ0n) is 13.6. The second-order valence-corrected chi connectivity index (χ2v) is 5.93. The van der Waals surface area contributed by atoms with E-state index in [0.717, 1.165) is 22.2 Å². The lowest BCUT2D eigenvalue weighted by atomic mass is 10.0. The Bertz CT molecular complexity index is 853. The molecule has 0 saturated carbocycles. The van der Waals surface area contributed by atoms with Crippen LogP contribution in [-0.4, -0.2) is 10.9 Å². The molecule has 3 aromatic rings. The van der Waals surface area contributed by atoms with E-state index in [0.29, 0.717) is 5.56 Å². The highest BCUT2D eigenvalue weighted by molar-refractivity contribution is 6.06. The van der Waals surface area contributed by atoms with Crippen molar-refractivity contribution < 1.29 is 4.79 Å². The number of carbonyl (C=O) groups is 1. The SMILES string of the molecule is Cc1ccc(C(C)NC(=O)c2cc(C)nc3ccccc23)cc1. The molecule has 1 aromatic heterocycles. The van der Waals surface area contributed by atoms with Crippen molar-refractivity contribution >= 4 is 16.8 Å². The molecular formula is C20H20N2O. The Morgan fingerprint density at radius 1 is 1.04 bits per heavy atom. The standard InChI is InChI=1S/C20H20N2O/c1-13-8-10-16(11-9-13)15(3)22-20(23)18-12-14(2)21-19-7-5-4-6-17(18)19/h4-12,15H,1-3H3,(H,22,23). The van der Waals surface area contributed by atoms with Crippen LogP contribution in [0.3, 0.4) is 0 Å². The molecule has 0 radical (unpaired) electrons. The summed E-state index contributed by atoms with van der Waals surface area (Å²) in [6.07, 6.45) is 0. The van der Waals surface area contributed by atoms with Gasteiger partial charge in [-0.1, -0.05) is 48.0 Å². The number of para-hydroxylation sites is 1. The summed E-state index contributed by atoms with van der Waals surface area (Å²) in [6.45, 7) is 5.96. The lowest BCUT2D eigenvalue weighted by Gasteiger charge is -2.16. The number of hydrogen-bond donors (Lipinski definition) is 1. The van der Waals surface area contributed by atoms with E-state index in [1.807, 2.05) is 44.2 Å². The topological polar surface area (TPSA) is 42.0 Å². The first-order chi connectivity index (χ1) is 11.0. The van der Waals surface area contributed by atoms with E-state index in [9.17, 15) is 4.79 Å². The monoisotopic (exact) mass is 304 g/mol. The molecule has 116 valence electrons. The van der Waals surface area contributed by atoms with Gasteiger partial charge in [0, 0.05) is 11.1 Å². The van der Waals surface area contributed by atoms with Crippen molar-refractivity contribution in [1.82, 2.24) is 10.3 Å². The Morgan fingerprint density at radius 3 is 2.48 bits per heavy atom. The fraction of sp³-hybridized carbons (Fsp3) is 0.200. The largest absolute Gasteiger partial charge is 0.345 e. The molecule has 1 N–H and O–H groups in total. The van der Waals surface area contributed by atoms with Crippen LogP contribution in [0.5, 0.6) is 0 Å². The minimum absolute atomic E-state index is 0.0460. The number of nitrogens with zero attached hydrogens (tertiary/aromatic N) is 1. The zero-order chi connectivity index (χ0) is 16.4. The Hall–Kier alpha value is -2.68. The number of benzene rings is 2. The van der Waals surface area contributed by atoms with Crippen LogP contribution in [0.1, 0.15) is 40.1 Å². The van der Waals surface area contributed by atoms with Crippen molar-refractivity contribution in [2.45, 2.75) is 26.8 Å².